The fraction of sp³-hybridized carbons (Fsp3) is 0.357. The van der Waals surface area contributed by atoms with Gasteiger partial charge in [0.25, 0.3) is 5.69 Å². The van der Waals surface area contributed by atoms with Crippen molar-refractivity contribution in [2.45, 2.75) is 13.8 Å². The van der Waals surface area contributed by atoms with Crippen LogP contribution in [0.5, 0.6) is 0 Å². The average Bonchev–Trinajstić information content (AvgIpc) is 2.45. The molecule has 0 fully saturated rings. The third kappa shape index (κ3) is 3.08. The van der Waals surface area contributed by atoms with Crippen molar-refractivity contribution in [1.82, 2.24) is 4.98 Å². The Labute approximate surface area is 120 Å². The van der Waals surface area contributed by atoms with Crippen LogP contribution in [0.2, 0.25) is 0 Å². The molecule has 0 aliphatic heterocycles. The van der Waals surface area contributed by atoms with E-state index in [-0.39, 0.29) is 28.9 Å². The van der Waals surface area contributed by atoms with Crippen LogP contribution in [0.1, 0.15) is 13.8 Å². The Kier molecular flexibility index (Phi) is 4.04. The topological polar surface area (TPSA) is 88.3 Å². The lowest BCUT2D eigenvalue weighted by atomic mass is 9.95. The minimum Gasteiger partial charge on any atom is -0.396 e. The second-order valence-electron chi connectivity index (χ2n) is 5.59. The second kappa shape index (κ2) is 5.61. The fourth-order valence-corrected chi connectivity index (χ4v) is 1.90. The third-order valence-corrected chi connectivity index (χ3v) is 3.19. The Morgan fingerprint density at radius 1 is 1.52 bits per heavy atom. The van der Waals surface area contributed by atoms with E-state index in [9.17, 15) is 19.6 Å². The van der Waals surface area contributed by atoms with Gasteiger partial charge >= 0.3 is 0 Å². The summed E-state index contributed by atoms with van der Waals surface area (Å²) >= 11 is 0. The predicted octanol–water partition coefficient (Wildman–Crippen LogP) is 2.71. The van der Waals surface area contributed by atoms with Gasteiger partial charge in [-0.3, -0.25) is 15.1 Å². The largest absolute Gasteiger partial charge is 0.396 e. The van der Waals surface area contributed by atoms with Crippen molar-refractivity contribution in [3.8, 4) is 0 Å². The minimum atomic E-state index is -0.735. The molecule has 7 heteroatoms. The molecule has 0 bridgehead atoms. The fourth-order valence-electron chi connectivity index (χ4n) is 1.90. The maximum absolute atomic E-state index is 14.2. The molecule has 2 aromatic rings. The van der Waals surface area contributed by atoms with Gasteiger partial charge in [-0.05, 0) is 12.1 Å². The summed E-state index contributed by atoms with van der Waals surface area (Å²) in [6, 6.07) is 3.98. The van der Waals surface area contributed by atoms with Gasteiger partial charge in [0.2, 0.25) is 0 Å². The molecule has 0 atom stereocenters. The number of halogens is 1. The lowest BCUT2D eigenvalue weighted by Gasteiger charge is -2.23. The third-order valence-electron chi connectivity index (χ3n) is 3.19. The molecule has 2 rings (SSSR count). The number of fused-ring (bicyclic) bond motifs is 1. The Morgan fingerprint density at radius 3 is 2.86 bits per heavy atom. The molecule has 112 valence electrons. The zero-order valence-corrected chi connectivity index (χ0v) is 11.8. The van der Waals surface area contributed by atoms with Crippen LogP contribution in [0, 0.1) is 21.3 Å². The van der Waals surface area contributed by atoms with Crippen LogP contribution >= 0.6 is 0 Å². The summed E-state index contributed by atoms with van der Waals surface area (Å²) in [6.07, 6.45) is 1.45. The van der Waals surface area contributed by atoms with Crippen molar-refractivity contribution in [2.24, 2.45) is 5.41 Å². The molecule has 0 aliphatic rings. The first-order valence-electron chi connectivity index (χ1n) is 6.42. The SMILES string of the molecule is CC(C)(CO)CNc1c(F)cc([N+](=O)[O-])c2cccnc12. The molecular formula is C14H16FN3O3. The zero-order chi connectivity index (χ0) is 15.6. The monoisotopic (exact) mass is 293 g/mol. The summed E-state index contributed by atoms with van der Waals surface area (Å²) < 4.78 is 14.2. The van der Waals surface area contributed by atoms with Crippen molar-refractivity contribution in [1.29, 1.82) is 0 Å². The van der Waals surface area contributed by atoms with Crippen LogP contribution in [-0.2, 0) is 0 Å². The first kappa shape index (κ1) is 15.1. The van der Waals surface area contributed by atoms with Crippen molar-refractivity contribution in [3.05, 3.63) is 40.3 Å². The van der Waals surface area contributed by atoms with Crippen LogP contribution in [0.3, 0.4) is 0 Å². The summed E-state index contributed by atoms with van der Waals surface area (Å²) in [4.78, 5) is 14.4. The molecule has 0 saturated heterocycles. The van der Waals surface area contributed by atoms with Gasteiger partial charge < -0.3 is 10.4 Å². The first-order valence-corrected chi connectivity index (χ1v) is 6.42. The number of aliphatic hydroxyl groups is 1. The number of nitro groups is 1. The van der Waals surface area contributed by atoms with Crippen molar-refractivity contribution >= 4 is 22.3 Å². The Balaban J connectivity index is 2.52. The molecule has 1 aromatic heterocycles. The Morgan fingerprint density at radius 2 is 2.24 bits per heavy atom. The second-order valence-corrected chi connectivity index (χ2v) is 5.59. The predicted molar refractivity (Wildman–Crippen MR) is 77.7 cm³/mol. The van der Waals surface area contributed by atoms with E-state index >= 15 is 0 Å². The molecule has 1 aromatic carbocycles. The van der Waals surface area contributed by atoms with Gasteiger partial charge in [0.15, 0.2) is 5.82 Å². The number of nitrogens with one attached hydrogen (secondary N) is 1. The summed E-state index contributed by atoms with van der Waals surface area (Å²) in [5.41, 5.74) is -0.451. The zero-order valence-electron chi connectivity index (χ0n) is 11.8. The van der Waals surface area contributed by atoms with Crippen LogP contribution in [0.15, 0.2) is 24.4 Å². The molecule has 0 unspecified atom stereocenters. The lowest BCUT2D eigenvalue weighted by Crippen LogP contribution is -2.27. The van der Waals surface area contributed by atoms with Gasteiger partial charge in [0.05, 0.1) is 22.1 Å². The van der Waals surface area contributed by atoms with E-state index in [0.717, 1.165) is 6.07 Å². The molecule has 0 radical (unpaired) electrons. The van der Waals surface area contributed by atoms with Gasteiger partial charge in [-0.2, -0.15) is 0 Å². The van der Waals surface area contributed by atoms with Crippen molar-refractivity contribution in [3.63, 3.8) is 0 Å². The number of hydrogen-bond acceptors (Lipinski definition) is 5. The molecule has 0 saturated carbocycles. The van der Waals surface area contributed by atoms with E-state index in [1.807, 2.05) is 13.8 Å². The molecule has 6 nitrogen and oxygen atoms in total. The molecule has 21 heavy (non-hydrogen) atoms. The van der Waals surface area contributed by atoms with Crippen molar-refractivity contribution < 1.29 is 14.4 Å². The number of pyridine rings is 1. The highest BCUT2D eigenvalue weighted by Crippen LogP contribution is 2.33. The van der Waals surface area contributed by atoms with Gasteiger partial charge in [0.1, 0.15) is 5.52 Å². The quantitative estimate of drug-likeness (QED) is 0.653. The van der Waals surface area contributed by atoms with Crippen molar-refractivity contribution in [2.75, 3.05) is 18.5 Å². The molecule has 0 amide bonds. The van der Waals surface area contributed by atoms with E-state index < -0.39 is 16.2 Å². The summed E-state index contributed by atoms with van der Waals surface area (Å²) in [7, 11) is 0. The van der Waals surface area contributed by atoms with E-state index in [4.69, 9.17) is 0 Å². The standard InChI is InChI=1S/C14H16FN3O3/c1-14(2,8-19)7-17-13-10(15)6-11(18(20)21)9-4-3-5-16-12(9)13/h3-6,17,19H,7-8H2,1-2H3. The van der Waals surface area contributed by atoms with E-state index in [2.05, 4.69) is 10.3 Å². The number of aromatic nitrogens is 1. The maximum Gasteiger partial charge on any atom is 0.281 e. The van der Waals surface area contributed by atoms with E-state index in [1.165, 1.54) is 12.3 Å². The molecule has 1 heterocycles. The van der Waals surface area contributed by atoms with Gasteiger partial charge in [-0.25, -0.2) is 4.39 Å². The van der Waals surface area contributed by atoms with Crippen LogP contribution in [0.4, 0.5) is 15.8 Å². The maximum atomic E-state index is 14.2. The lowest BCUT2D eigenvalue weighted by molar-refractivity contribution is -0.383. The molecular weight excluding hydrogens is 277 g/mol. The van der Waals surface area contributed by atoms with E-state index in [1.54, 1.807) is 6.07 Å². The number of nitro benzene ring substituents is 1. The number of anilines is 1. The van der Waals surface area contributed by atoms with Gasteiger partial charge in [0, 0.05) is 24.8 Å². The summed E-state index contributed by atoms with van der Waals surface area (Å²) in [5, 5.41) is 23.4. The molecule has 2 N–H and O–H groups in total. The summed E-state index contributed by atoms with van der Waals surface area (Å²) in [5.74, 6) is -0.735. The minimum absolute atomic E-state index is 0.0695. The number of aliphatic hydroxyl groups excluding tert-OH is 1. The number of hydrogen-bond donors (Lipinski definition) is 2. The highest BCUT2D eigenvalue weighted by atomic mass is 19.1. The highest BCUT2D eigenvalue weighted by molar-refractivity contribution is 5.97. The number of rotatable bonds is 5. The summed E-state index contributed by atoms with van der Waals surface area (Å²) in [6.45, 7) is 3.88. The number of non-ortho nitro benzene ring substituents is 1. The molecule has 0 aliphatic carbocycles. The number of nitrogens with zero attached hydrogens (tertiary/aromatic N) is 2. The smallest absolute Gasteiger partial charge is 0.281 e. The Hall–Kier alpha value is -2.28. The molecule has 0 spiro atoms. The van der Waals surface area contributed by atoms with E-state index in [0.29, 0.717) is 6.54 Å². The average molecular weight is 293 g/mol. The van der Waals surface area contributed by atoms with Gasteiger partial charge in [-0.15, -0.1) is 0 Å². The normalized spacial score (nSPS) is 11.6. The first-order chi connectivity index (χ1) is 9.85. The van der Waals surface area contributed by atoms with Gasteiger partial charge in [-0.1, -0.05) is 13.8 Å². The van der Waals surface area contributed by atoms with Crippen LogP contribution in [-0.4, -0.2) is 28.2 Å². The van der Waals surface area contributed by atoms with Crippen LogP contribution in [0.25, 0.3) is 10.9 Å². The number of benzene rings is 1. The van der Waals surface area contributed by atoms with Crippen LogP contribution < -0.4 is 5.32 Å². The Bertz CT molecular complexity index is 688. The highest BCUT2D eigenvalue weighted by Gasteiger charge is 2.22.